The van der Waals surface area contributed by atoms with Crippen molar-refractivity contribution in [2.45, 2.75) is 33.1 Å². The maximum Gasteiger partial charge on any atom is 0.219 e. The van der Waals surface area contributed by atoms with Crippen LogP contribution in [0.5, 0.6) is 0 Å². The molecule has 0 aromatic carbocycles. The van der Waals surface area contributed by atoms with Crippen molar-refractivity contribution in [1.82, 2.24) is 5.32 Å². The molecule has 2 nitrogen and oxygen atoms in total. The first-order chi connectivity index (χ1) is 5.66. The summed E-state index contributed by atoms with van der Waals surface area (Å²) in [4.78, 5) is 10.7. The van der Waals surface area contributed by atoms with Crippen molar-refractivity contribution >= 4 is 5.91 Å². The highest BCUT2D eigenvalue weighted by atomic mass is 16.1. The molecule has 0 aromatic heterocycles. The summed E-state index contributed by atoms with van der Waals surface area (Å²) < 4.78 is 0. The van der Waals surface area contributed by atoms with Crippen LogP contribution in [0.3, 0.4) is 0 Å². The molecule has 0 rings (SSSR count). The highest BCUT2D eigenvalue weighted by Gasteiger charge is 1.98. The lowest BCUT2D eigenvalue weighted by atomic mass is 10.1. The Labute approximate surface area is 76.1 Å². The monoisotopic (exact) mass is 171 g/mol. The molecule has 0 spiro atoms. The number of hydrogen-bond acceptors (Lipinski definition) is 1. The fraction of sp³-hybridized carbons (Fsp3) is 0.700. The molecule has 72 valence electrons. The average Bonchev–Trinajstić information content (AvgIpc) is 2.07. The van der Waals surface area contributed by atoms with Gasteiger partial charge in [-0.2, -0.15) is 0 Å². The normalized spacial score (nSPS) is 8.67. The second-order valence-corrected chi connectivity index (χ2v) is 2.96. The molecule has 0 saturated heterocycles. The molecule has 0 unspecified atom stereocenters. The Kier molecular flexibility index (Phi) is 11.7. The van der Waals surface area contributed by atoms with E-state index >= 15 is 0 Å². The highest BCUT2D eigenvalue weighted by Crippen LogP contribution is 2.05. The van der Waals surface area contributed by atoms with Crippen LogP contribution in [0.25, 0.3) is 0 Å². The Morgan fingerprint density at radius 3 is 2.25 bits per heavy atom. The largest absolute Gasteiger partial charge is 0.359 e. The summed E-state index contributed by atoms with van der Waals surface area (Å²) in [5, 5.41) is 2.60. The van der Waals surface area contributed by atoms with Crippen LogP contribution in [-0.2, 0) is 4.79 Å². The number of amides is 1. The van der Waals surface area contributed by atoms with Crippen molar-refractivity contribution in [2.75, 3.05) is 7.05 Å². The molecule has 0 bridgehead atoms. The van der Waals surface area contributed by atoms with Crippen LogP contribution in [0.2, 0.25) is 0 Å². The van der Waals surface area contributed by atoms with Crippen LogP contribution >= 0.6 is 0 Å². The van der Waals surface area contributed by atoms with Crippen molar-refractivity contribution in [3.05, 3.63) is 13.2 Å². The van der Waals surface area contributed by atoms with Gasteiger partial charge in [0.05, 0.1) is 0 Å². The summed E-state index contributed by atoms with van der Waals surface area (Å²) in [6, 6.07) is 0. The SMILES string of the molecule is C=C.CNC(=O)CCCC(C)C. The third-order valence-corrected chi connectivity index (χ3v) is 1.46. The summed E-state index contributed by atoms with van der Waals surface area (Å²) in [6.07, 6.45) is 2.83. The highest BCUT2D eigenvalue weighted by molar-refractivity contribution is 5.75. The van der Waals surface area contributed by atoms with E-state index in [4.69, 9.17) is 0 Å². The molecule has 0 aliphatic heterocycles. The summed E-state index contributed by atoms with van der Waals surface area (Å²) in [6.45, 7) is 10.3. The van der Waals surface area contributed by atoms with Crippen LogP contribution < -0.4 is 5.32 Å². The zero-order valence-corrected chi connectivity index (χ0v) is 8.52. The molecular weight excluding hydrogens is 150 g/mol. The number of rotatable bonds is 4. The van der Waals surface area contributed by atoms with Crippen molar-refractivity contribution in [3.63, 3.8) is 0 Å². The van der Waals surface area contributed by atoms with Gasteiger partial charge in [0, 0.05) is 13.5 Å². The van der Waals surface area contributed by atoms with Crippen LogP contribution in [0, 0.1) is 5.92 Å². The second-order valence-electron chi connectivity index (χ2n) is 2.96. The van der Waals surface area contributed by atoms with Gasteiger partial charge in [0.15, 0.2) is 0 Å². The Balaban J connectivity index is 0. The first-order valence-corrected chi connectivity index (χ1v) is 4.37. The lowest BCUT2D eigenvalue weighted by Gasteiger charge is -2.02. The maximum absolute atomic E-state index is 10.7. The van der Waals surface area contributed by atoms with Gasteiger partial charge in [-0.15, -0.1) is 13.2 Å². The number of carbonyl (C=O) groups is 1. The van der Waals surface area contributed by atoms with Crippen molar-refractivity contribution in [2.24, 2.45) is 5.92 Å². The molecule has 0 fully saturated rings. The zero-order valence-electron chi connectivity index (χ0n) is 8.52. The molecule has 1 N–H and O–H groups in total. The van der Waals surface area contributed by atoms with E-state index in [0.717, 1.165) is 12.8 Å². The summed E-state index contributed by atoms with van der Waals surface area (Å²) in [5.74, 6) is 0.866. The minimum atomic E-state index is 0.153. The van der Waals surface area contributed by atoms with E-state index in [9.17, 15) is 4.79 Å². The van der Waals surface area contributed by atoms with Gasteiger partial charge in [-0.1, -0.05) is 20.3 Å². The number of hydrogen-bond donors (Lipinski definition) is 1. The van der Waals surface area contributed by atoms with Gasteiger partial charge in [-0.05, 0) is 12.3 Å². The lowest BCUT2D eigenvalue weighted by Crippen LogP contribution is -2.17. The van der Waals surface area contributed by atoms with E-state index in [0.29, 0.717) is 12.3 Å². The molecule has 0 aliphatic carbocycles. The fourth-order valence-corrected chi connectivity index (χ4v) is 0.796. The van der Waals surface area contributed by atoms with Gasteiger partial charge < -0.3 is 5.32 Å². The average molecular weight is 171 g/mol. The minimum absolute atomic E-state index is 0.153. The molecule has 0 heterocycles. The standard InChI is InChI=1S/C8H17NO.C2H4/c1-7(2)5-4-6-8(10)9-3;1-2/h7H,4-6H2,1-3H3,(H,9,10);1-2H2. The van der Waals surface area contributed by atoms with E-state index < -0.39 is 0 Å². The zero-order chi connectivity index (χ0) is 9.98. The number of carbonyl (C=O) groups excluding carboxylic acids is 1. The van der Waals surface area contributed by atoms with Gasteiger partial charge in [0.2, 0.25) is 5.91 Å². The quantitative estimate of drug-likeness (QED) is 0.646. The molecule has 0 atom stereocenters. The fourth-order valence-electron chi connectivity index (χ4n) is 0.796. The number of nitrogens with one attached hydrogen (secondary N) is 1. The van der Waals surface area contributed by atoms with E-state index in [1.807, 2.05) is 0 Å². The van der Waals surface area contributed by atoms with E-state index in [2.05, 4.69) is 32.3 Å². The Morgan fingerprint density at radius 2 is 1.92 bits per heavy atom. The molecular formula is C10H21NO. The predicted molar refractivity (Wildman–Crippen MR) is 54.0 cm³/mol. The Morgan fingerprint density at radius 1 is 1.42 bits per heavy atom. The minimum Gasteiger partial charge on any atom is -0.359 e. The van der Waals surface area contributed by atoms with E-state index in [-0.39, 0.29) is 5.91 Å². The van der Waals surface area contributed by atoms with Crippen molar-refractivity contribution in [1.29, 1.82) is 0 Å². The van der Waals surface area contributed by atoms with Gasteiger partial charge in [-0.25, -0.2) is 0 Å². The Hall–Kier alpha value is -0.790. The van der Waals surface area contributed by atoms with Gasteiger partial charge in [0.1, 0.15) is 0 Å². The maximum atomic E-state index is 10.7. The first kappa shape index (κ1) is 13.8. The van der Waals surface area contributed by atoms with Crippen LogP contribution in [0.4, 0.5) is 0 Å². The van der Waals surface area contributed by atoms with E-state index in [1.165, 1.54) is 0 Å². The van der Waals surface area contributed by atoms with Crippen LogP contribution in [0.1, 0.15) is 33.1 Å². The summed E-state index contributed by atoms with van der Waals surface area (Å²) in [5.41, 5.74) is 0. The van der Waals surface area contributed by atoms with Crippen LogP contribution in [0.15, 0.2) is 13.2 Å². The first-order valence-electron chi connectivity index (χ1n) is 4.37. The van der Waals surface area contributed by atoms with Gasteiger partial charge in [-0.3, -0.25) is 4.79 Å². The topological polar surface area (TPSA) is 29.1 Å². The van der Waals surface area contributed by atoms with Crippen molar-refractivity contribution in [3.8, 4) is 0 Å². The molecule has 0 aliphatic rings. The van der Waals surface area contributed by atoms with E-state index in [1.54, 1.807) is 7.05 Å². The third-order valence-electron chi connectivity index (χ3n) is 1.46. The summed E-state index contributed by atoms with van der Waals surface area (Å²) >= 11 is 0. The van der Waals surface area contributed by atoms with Gasteiger partial charge >= 0.3 is 0 Å². The van der Waals surface area contributed by atoms with Crippen molar-refractivity contribution < 1.29 is 4.79 Å². The molecule has 2 heteroatoms. The molecule has 0 aromatic rings. The molecule has 0 radical (unpaired) electrons. The molecule has 0 saturated carbocycles. The Bertz CT molecular complexity index is 110. The third kappa shape index (κ3) is 11.9. The molecule has 1 amide bonds. The van der Waals surface area contributed by atoms with Gasteiger partial charge in [0.25, 0.3) is 0 Å². The summed E-state index contributed by atoms with van der Waals surface area (Å²) in [7, 11) is 1.68. The predicted octanol–water partition coefficient (Wildman–Crippen LogP) is 2.36. The smallest absolute Gasteiger partial charge is 0.219 e. The molecule has 12 heavy (non-hydrogen) atoms. The lowest BCUT2D eigenvalue weighted by molar-refractivity contribution is -0.120. The second kappa shape index (κ2) is 10.2. The van der Waals surface area contributed by atoms with Crippen LogP contribution in [-0.4, -0.2) is 13.0 Å².